The number of hydrogen-bond donors (Lipinski definition) is 1. The Morgan fingerprint density at radius 3 is 2.39 bits per heavy atom. The molecule has 0 bridgehead atoms. The first-order valence-electron chi connectivity index (χ1n) is 7.90. The first kappa shape index (κ1) is 22.9. The molecule has 2 aliphatic heterocycles. The van der Waals surface area contributed by atoms with Gasteiger partial charge in [-0.3, -0.25) is 9.69 Å². The van der Waals surface area contributed by atoms with E-state index in [9.17, 15) is 13.2 Å². The van der Waals surface area contributed by atoms with Gasteiger partial charge in [-0.05, 0) is 19.8 Å². The van der Waals surface area contributed by atoms with Gasteiger partial charge < -0.3 is 10.2 Å². The van der Waals surface area contributed by atoms with Gasteiger partial charge in [0.05, 0.1) is 17.5 Å². The van der Waals surface area contributed by atoms with Gasteiger partial charge in [0, 0.05) is 38.8 Å². The monoisotopic (exact) mass is 389 g/mol. The number of sulfone groups is 1. The van der Waals surface area contributed by atoms with E-state index in [1.807, 2.05) is 18.7 Å². The Kier molecular flexibility index (Phi) is 10.00. The number of amides is 1. The Balaban J connectivity index is 0.00000242. The van der Waals surface area contributed by atoms with E-state index in [0.29, 0.717) is 13.0 Å². The number of rotatable bonds is 5. The molecule has 0 aromatic carbocycles. The molecule has 0 saturated carbocycles. The summed E-state index contributed by atoms with van der Waals surface area (Å²) < 4.78 is 23.4. The molecule has 2 unspecified atom stereocenters. The maximum absolute atomic E-state index is 12.8. The summed E-state index contributed by atoms with van der Waals surface area (Å²) in [7, 11) is -2.96. The Hall–Kier alpha value is -0.0800. The van der Waals surface area contributed by atoms with Crippen molar-refractivity contribution < 1.29 is 13.2 Å². The standard InChI is InChI=1S/C14H27N3O3S.2ClH/c1-3-7-17(13-4-10-21(19,20)11-13)14(18)12(2)16-8-5-15-6-9-16;;/h12-13,15H,3-11H2,1-2H3;2*1H. The minimum absolute atomic E-state index is 0. The average molecular weight is 390 g/mol. The van der Waals surface area contributed by atoms with Crippen molar-refractivity contribution in [3.05, 3.63) is 0 Å². The molecule has 9 heteroatoms. The molecule has 2 fully saturated rings. The number of halogens is 2. The van der Waals surface area contributed by atoms with E-state index in [1.165, 1.54) is 0 Å². The fraction of sp³-hybridized carbons (Fsp3) is 0.929. The SMILES string of the molecule is CCCN(C(=O)C(C)N1CCNCC1)C1CCS(=O)(=O)C1.Cl.Cl. The van der Waals surface area contributed by atoms with Crippen LogP contribution >= 0.6 is 24.8 Å². The van der Waals surface area contributed by atoms with Crippen molar-refractivity contribution >= 4 is 40.6 Å². The lowest BCUT2D eigenvalue weighted by molar-refractivity contribution is -0.138. The number of hydrogen-bond acceptors (Lipinski definition) is 5. The average Bonchev–Trinajstić information content (AvgIpc) is 2.84. The molecule has 23 heavy (non-hydrogen) atoms. The number of nitrogens with zero attached hydrogens (tertiary/aromatic N) is 2. The third-order valence-corrected chi connectivity index (χ3v) is 6.20. The Morgan fingerprint density at radius 1 is 1.30 bits per heavy atom. The van der Waals surface area contributed by atoms with Gasteiger partial charge in [-0.1, -0.05) is 6.92 Å². The van der Waals surface area contributed by atoms with Crippen molar-refractivity contribution in [3.63, 3.8) is 0 Å². The van der Waals surface area contributed by atoms with Gasteiger partial charge in [0.1, 0.15) is 0 Å². The van der Waals surface area contributed by atoms with Crippen LogP contribution in [0.1, 0.15) is 26.7 Å². The van der Waals surface area contributed by atoms with Crippen LogP contribution in [0.5, 0.6) is 0 Å². The lowest BCUT2D eigenvalue weighted by atomic mass is 10.1. The summed E-state index contributed by atoms with van der Waals surface area (Å²) in [5, 5.41) is 3.28. The summed E-state index contributed by atoms with van der Waals surface area (Å²) in [6.45, 7) is 8.17. The minimum Gasteiger partial charge on any atom is -0.337 e. The summed E-state index contributed by atoms with van der Waals surface area (Å²) in [5.74, 6) is 0.432. The normalized spacial score (nSPS) is 25.0. The highest BCUT2D eigenvalue weighted by atomic mass is 35.5. The van der Waals surface area contributed by atoms with Crippen molar-refractivity contribution in [3.8, 4) is 0 Å². The van der Waals surface area contributed by atoms with Gasteiger partial charge >= 0.3 is 0 Å². The van der Waals surface area contributed by atoms with Gasteiger partial charge in [-0.2, -0.15) is 0 Å². The second kappa shape index (κ2) is 10.0. The van der Waals surface area contributed by atoms with Crippen LogP contribution in [-0.2, 0) is 14.6 Å². The van der Waals surface area contributed by atoms with Crippen LogP contribution in [0.3, 0.4) is 0 Å². The molecular formula is C14H29Cl2N3O3S. The maximum atomic E-state index is 12.8. The number of carbonyl (C=O) groups is 1. The second-order valence-corrected chi connectivity index (χ2v) is 8.28. The fourth-order valence-corrected chi connectivity index (χ4v) is 4.93. The molecule has 0 aromatic heterocycles. The predicted octanol–water partition coefficient (Wildman–Crippen LogP) is 0.549. The van der Waals surface area contributed by atoms with Gasteiger partial charge in [0.25, 0.3) is 0 Å². The van der Waals surface area contributed by atoms with Crippen molar-refractivity contribution in [2.24, 2.45) is 0 Å². The van der Waals surface area contributed by atoms with Gasteiger partial charge in [0.2, 0.25) is 5.91 Å². The van der Waals surface area contributed by atoms with E-state index in [4.69, 9.17) is 0 Å². The molecule has 1 N–H and O–H groups in total. The highest BCUT2D eigenvalue weighted by molar-refractivity contribution is 7.91. The van der Waals surface area contributed by atoms with Crippen LogP contribution in [0.2, 0.25) is 0 Å². The molecule has 0 aliphatic carbocycles. The highest BCUT2D eigenvalue weighted by Gasteiger charge is 2.36. The van der Waals surface area contributed by atoms with Crippen LogP contribution in [0.25, 0.3) is 0 Å². The van der Waals surface area contributed by atoms with Crippen molar-refractivity contribution in [1.82, 2.24) is 15.1 Å². The summed E-state index contributed by atoms with van der Waals surface area (Å²) in [4.78, 5) is 16.8. The van der Waals surface area contributed by atoms with E-state index >= 15 is 0 Å². The summed E-state index contributed by atoms with van der Waals surface area (Å²) in [5.41, 5.74) is 0. The van der Waals surface area contributed by atoms with Gasteiger partial charge in [0.15, 0.2) is 9.84 Å². The molecular weight excluding hydrogens is 361 g/mol. The molecule has 0 aromatic rings. The molecule has 0 spiro atoms. The molecule has 2 atom stereocenters. The first-order valence-corrected chi connectivity index (χ1v) is 9.72. The minimum atomic E-state index is -2.96. The Labute approximate surface area is 152 Å². The van der Waals surface area contributed by atoms with E-state index in [-0.39, 0.29) is 54.3 Å². The molecule has 2 aliphatic rings. The quantitative estimate of drug-likeness (QED) is 0.743. The van der Waals surface area contributed by atoms with Crippen LogP contribution in [0.15, 0.2) is 0 Å². The highest BCUT2D eigenvalue weighted by Crippen LogP contribution is 2.20. The number of carbonyl (C=O) groups excluding carboxylic acids is 1. The van der Waals surface area contributed by atoms with Crippen LogP contribution in [0.4, 0.5) is 0 Å². The molecule has 6 nitrogen and oxygen atoms in total. The van der Waals surface area contributed by atoms with Crippen molar-refractivity contribution in [2.45, 2.75) is 38.8 Å². The smallest absolute Gasteiger partial charge is 0.239 e. The van der Waals surface area contributed by atoms with E-state index < -0.39 is 9.84 Å². The fourth-order valence-electron chi connectivity index (χ4n) is 3.20. The van der Waals surface area contributed by atoms with Crippen LogP contribution in [-0.4, -0.2) is 80.4 Å². The topological polar surface area (TPSA) is 69.7 Å². The van der Waals surface area contributed by atoms with E-state index in [0.717, 1.165) is 32.6 Å². The zero-order valence-electron chi connectivity index (χ0n) is 13.9. The predicted molar refractivity (Wildman–Crippen MR) is 97.5 cm³/mol. The zero-order chi connectivity index (χ0) is 15.5. The lowest BCUT2D eigenvalue weighted by Gasteiger charge is -2.37. The first-order chi connectivity index (χ1) is 9.94. The number of piperazine rings is 1. The van der Waals surface area contributed by atoms with Crippen molar-refractivity contribution in [2.75, 3.05) is 44.2 Å². The summed E-state index contributed by atoms with van der Waals surface area (Å²) in [6.07, 6.45) is 1.44. The molecule has 138 valence electrons. The van der Waals surface area contributed by atoms with Crippen molar-refractivity contribution in [1.29, 1.82) is 0 Å². The van der Waals surface area contributed by atoms with Gasteiger partial charge in [-0.15, -0.1) is 24.8 Å². The molecule has 0 radical (unpaired) electrons. The third-order valence-electron chi connectivity index (χ3n) is 4.45. The summed E-state index contributed by atoms with van der Waals surface area (Å²) in [6, 6.07) is -0.297. The molecule has 1 amide bonds. The maximum Gasteiger partial charge on any atom is 0.239 e. The Bertz CT molecular complexity index is 470. The lowest BCUT2D eigenvalue weighted by Crippen LogP contribution is -2.55. The van der Waals surface area contributed by atoms with Crippen LogP contribution in [0, 0.1) is 0 Å². The number of nitrogens with one attached hydrogen (secondary N) is 1. The zero-order valence-corrected chi connectivity index (χ0v) is 16.3. The Morgan fingerprint density at radius 2 is 1.91 bits per heavy atom. The third kappa shape index (κ3) is 6.05. The largest absolute Gasteiger partial charge is 0.337 e. The van der Waals surface area contributed by atoms with E-state index in [1.54, 1.807) is 0 Å². The molecule has 2 heterocycles. The van der Waals surface area contributed by atoms with Crippen LogP contribution < -0.4 is 5.32 Å². The van der Waals surface area contributed by atoms with E-state index in [2.05, 4.69) is 10.2 Å². The summed E-state index contributed by atoms with van der Waals surface area (Å²) >= 11 is 0. The molecule has 2 rings (SSSR count). The second-order valence-electron chi connectivity index (χ2n) is 6.05. The molecule has 2 saturated heterocycles. The van der Waals surface area contributed by atoms with Gasteiger partial charge in [-0.25, -0.2) is 8.42 Å².